The Bertz CT molecular complexity index is 396. The van der Waals surface area contributed by atoms with Gasteiger partial charge in [0.15, 0.2) is 5.96 Å². The number of halogens is 1. The number of guanidine groups is 1. The average molecular weight is 267 g/mol. The average Bonchev–Trinajstić information content (AvgIpc) is 2.41. The molecule has 1 aromatic carbocycles. The first-order valence-electron chi connectivity index (χ1n) is 6.59. The van der Waals surface area contributed by atoms with Crippen molar-refractivity contribution in [3.05, 3.63) is 30.1 Å². The summed E-state index contributed by atoms with van der Waals surface area (Å²) in [7, 11) is 1.73. The molecule has 1 aromatic rings. The highest BCUT2D eigenvalue weighted by molar-refractivity contribution is 5.79. The molecule has 2 N–H and O–H groups in total. The standard InChI is InChI=1S/C14H22FN3O/c1-3-4-8-17-14(16-2)18-9-10-19-13-7-5-6-12(15)11-13/h5-7,11H,3-4,8-10H2,1-2H3,(H2,16,17,18). The molecule has 0 bridgehead atoms. The third kappa shape index (κ3) is 6.64. The first kappa shape index (κ1) is 15.3. The summed E-state index contributed by atoms with van der Waals surface area (Å²) in [5.74, 6) is 1.01. The van der Waals surface area contributed by atoms with Gasteiger partial charge in [-0.3, -0.25) is 4.99 Å². The third-order valence-corrected chi connectivity index (χ3v) is 2.51. The van der Waals surface area contributed by atoms with E-state index in [9.17, 15) is 4.39 Å². The van der Waals surface area contributed by atoms with Crippen molar-refractivity contribution in [1.29, 1.82) is 0 Å². The predicted molar refractivity (Wildman–Crippen MR) is 76.2 cm³/mol. The van der Waals surface area contributed by atoms with E-state index in [1.54, 1.807) is 19.2 Å². The molecule has 0 spiro atoms. The quantitative estimate of drug-likeness (QED) is 0.452. The lowest BCUT2D eigenvalue weighted by atomic mass is 10.3. The Morgan fingerprint density at radius 1 is 1.32 bits per heavy atom. The maximum Gasteiger partial charge on any atom is 0.191 e. The molecule has 0 saturated heterocycles. The second-order valence-corrected chi connectivity index (χ2v) is 4.09. The second kappa shape index (κ2) is 9.19. The molecule has 4 nitrogen and oxygen atoms in total. The number of ether oxygens (including phenoxy) is 1. The molecule has 1 rings (SSSR count). The van der Waals surface area contributed by atoms with Crippen molar-refractivity contribution in [1.82, 2.24) is 10.6 Å². The van der Waals surface area contributed by atoms with Gasteiger partial charge in [-0.2, -0.15) is 0 Å². The zero-order chi connectivity index (χ0) is 13.9. The highest BCUT2D eigenvalue weighted by atomic mass is 19.1. The molecule has 0 aromatic heterocycles. The lowest BCUT2D eigenvalue weighted by Crippen LogP contribution is -2.39. The predicted octanol–water partition coefficient (Wildman–Crippen LogP) is 2.17. The van der Waals surface area contributed by atoms with Gasteiger partial charge < -0.3 is 15.4 Å². The van der Waals surface area contributed by atoms with Crippen LogP contribution in [0, 0.1) is 5.82 Å². The summed E-state index contributed by atoms with van der Waals surface area (Å²) >= 11 is 0. The van der Waals surface area contributed by atoms with Crippen molar-refractivity contribution in [2.45, 2.75) is 19.8 Å². The third-order valence-electron chi connectivity index (χ3n) is 2.51. The Balaban J connectivity index is 2.18. The number of nitrogens with one attached hydrogen (secondary N) is 2. The summed E-state index contributed by atoms with van der Waals surface area (Å²) in [5.41, 5.74) is 0. The summed E-state index contributed by atoms with van der Waals surface area (Å²) in [6.07, 6.45) is 2.26. The van der Waals surface area contributed by atoms with E-state index in [0.717, 1.165) is 25.3 Å². The van der Waals surface area contributed by atoms with Crippen LogP contribution in [0.15, 0.2) is 29.3 Å². The molecule has 0 fully saturated rings. The van der Waals surface area contributed by atoms with Gasteiger partial charge in [0.05, 0.1) is 6.54 Å². The van der Waals surface area contributed by atoms with Crippen molar-refractivity contribution >= 4 is 5.96 Å². The van der Waals surface area contributed by atoms with Crippen LogP contribution in [-0.2, 0) is 0 Å². The molecule has 0 heterocycles. The molecule has 0 amide bonds. The fraction of sp³-hybridized carbons (Fsp3) is 0.500. The minimum absolute atomic E-state index is 0.289. The van der Waals surface area contributed by atoms with Crippen molar-refractivity contribution in [2.75, 3.05) is 26.7 Å². The SMILES string of the molecule is CCCCNC(=NC)NCCOc1cccc(F)c1. The zero-order valence-electron chi connectivity index (χ0n) is 11.6. The molecule has 5 heteroatoms. The van der Waals surface area contributed by atoms with Gasteiger partial charge in [0, 0.05) is 19.7 Å². The first-order valence-corrected chi connectivity index (χ1v) is 6.59. The van der Waals surface area contributed by atoms with Gasteiger partial charge >= 0.3 is 0 Å². The molecule has 0 atom stereocenters. The minimum Gasteiger partial charge on any atom is -0.492 e. The number of rotatable bonds is 7. The largest absolute Gasteiger partial charge is 0.492 e. The summed E-state index contributed by atoms with van der Waals surface area (Å²) in [6.45, 7) is 4.12. The van der Waals surface area contributed by atoms with Crippen LogP contribution in [0.5, 0.6) is 5.75 Å². The maximum atomic E-state index is 12.9. The minimum atomic E-state index is -0.289. The molecule has 0 aliphatic carbocycles. The van der Waals surface area contributed by atoms with Crippen molar-refractivity contribution in [3.8, 4) is 5.75 Å². The van der Waals surface area contributed by atoms with Crippen LogP contribution in [0.25, 0.3) is 0 Å². The van der Waals surface area contributed by atoms with E-state index in [1.807, 2.05) is 0 Å². The molecule has 106 valence electrons. The second-order valence-electron chi connectivity index (χ2n) is 4.09. The number of nitrogens with zero attached hydrogens (tertiary/aromatic N) is 1. The molecule has 19 heavy (non-hydrogen) atoms. The fourth-order valence-electron chi connectivity index (χ4n) is 1.50. The monoisotopic (exact) mass is 267 g/mol. The summed E-state index contributed by atoms with van der Waals surface area (Å²) < 4.78 is 18.3. The molecule has 0 unspecified atom stereocenters. The van der Waals surface area contributed by atoms with E-state index >= 15 is 0 Å². The number of hydrogen-bond donors (Lipinski definition) is 2. The van der Waals surface area contributed by atoms with Crippen LogP contribution < -0.4 is 15.4 Å². The highest BCUT2D eigenvalue weighted by Gasteiger charge is 1.98. The Labute approximate surface area is 114 Å². The Morgan fingerprint density at radius 3 is 2.79 bits per heavy atom. The molecule has 0 radical (unpaired) electrons. The van der Waals surface area contributed by atoms with Gasteiger partial charge in [-0.25, -0.2) is 4.39 Å². The van der Waals surface area contributed by atoms with Gasteiger partial charge in [-0.1, -0.05) is 19.4 Å². The number of aliphatic imine (C=N–C) groups is 1. The normalized spacial score (nSPS) is 11.2. The van der Waals surface area contributed by atoms with E-state index in [1.165, 1.54) is 12.1 Å². The number of hydrogen-bond acceptors (Lipinski definition) is 2. The number of unbranched alkanes of at least 4 members (excludes halogenated alkanes) is 1. The topological polar surface area (TPSA) is 45.7 Å². The van der Waals surface area contributed by atoms with Crippen molar-refractivity contribution < 1.29 is 9.13 Å². The zero-order valence-corrected chi connectivity index (χ0v) is 11.6. The van der Waals surface area contributed by atoms with Gasteiger partial charge in [0.2, 0.25) is 0 Å². The van der Waals surface area contributed by atoms with Crippen molar-refractivity contribution in [3.63, 3.8) is 0 Å². The van der Waals surface area contributed by atoms with Crippen LogP contribution in [0.3, 0.4) is 0 Å². The fourth-order valence-corrected chi connectivity index (χ4v) is 1.50. The summed E-state index contributed by atoms with van der Waals surface area (Å²) in [4.78, 5) is 4.10. The lowest BCUT2D eigenvalue weighted by Gasteiger charge is -2.12. The van der Waals surface area contributed by atoms with E-state index in [4.69, 9.17) is 4.74 Å². The smallest absolute Gasteiger partial charge is 0.191 e. The van der Waals surface area contributed by atoms with Crippen LogP contribution >= 0.6 is 0 Å². The van der Waals surface area contributed by atoms with Crippen LogP contribution in [0.4, 0.5) is 4.39 Å². The highest BCUT2D eigenvalue weighted by Crippen LogP contribution is 2.11. The number of benzene rings is 1. The van der Waals surface area contributed by atoms with E-state index < -0.39 is 0 Å². The molecule has 0 aliphatic heterocycles. The van der Waals surface area contributed by atoms with Crippen LogP contribution in [-0.4, -0.2) is 32.7 Å². The molecular formula is C14H22FN3O. The maximum absolute atomic E-state index is 12.9. The van der Waals surface area contributed by atoms with Gasteiger partial charge in [-0.15, -0.1) is 0 Å². The molecule has 0 saturated carbocycles. The van der Waals surface area contributed by atoms with E-state index in [-0.39, 0.29) is 5.82 Å². The van der Waals surface area contributed by atoms with E-state index in [0.29, 0.717) is 18.9 Å². The molecule has 0 aliphatic rings. The Morgan fingerprint density at radius 2 is 2.11 bits per heavy atom. The lowest BCUT2D eigenvalue weighted by molar-refractivity contribution is 0.320. The van der Waals surface area contributed by atoms with Crippen molar-refractivity contribution in [2.24, 2.45) is 4.99 Å². The van der Waals surface area contributed by atoms with Gasteiger partial charge in [0.1, 0.15) is 18.2 Å². The van der Waals surface area contributed by atoms with E-state index in [2.05, 4.69) is 22.5 Å². The summed E-state index contributed by atoms with van der Waals surface area (Å²) in [6, 6.07) is 6.12. The summed E-state index contributed by atoms with van der Waals surface area (Å²) in [5, 5.41) is 6.33. The van der Waals surface area contributed by atoms with Gasteiger partial charge in [-0.05, 0) is 18.6 Å². The Kier molecular flexibility index (Phi) is 7.39. The van der Waals surface area contributed by atoms with Crippen LogP contribution in [0.2, 0.25) is 0 Å². The Hall–Kier alpha value is -1.78. The van der Waals surface area contributed by atoms with Crippen LogP contribution in [0.1, 0.15) is 19.8 Å². The molecular weight excluding hydrogens is 245 g/mol. The van der Waals surface area contributed by atoms with Gasteiger partial charge in [0.25, 0.3) is 0 Å². The first-order chi connectivity index (χ1) is 9.26.